The van der Waals surface area contributed by atoms with E-state index in [1.165, 1.54) is 25.7 Å². The lowest BCUT2D eigenvalue weighted by molar-refractivity contribution is 0.295. The monoisotopic (exact) mass is 160 g/mol. The average molecular weight is 160 g/mol. The number of fused-ring (bicyclic) bond motifs is 2. The highest BCUT2D eigenvalue weighted by Crippen LogP contribution is 2.59. The lowest BCUT2D eigenvalue weighted by atomic mass is 9.77. The first-order valence-electron chi connectivity index (χ1n) is 4.61. The van der Waals surface area contributed by atoms with Gasteiger partial charge in [-0.15, -0.1) is 0 Å². The van der Waals surface area contributed by atoms with Gasteiger partial charge in [-0.3, -0.25) is 0 Å². The molecular formula is C10H12N2. The second-order valence-electron chi connectivity index (χ2n) is 4.04. The van der Waals surface area contributed by atoms with Crippen molar-refractivity contribution in [3.8, 4) is 12.1 Å². The van der Waals surface area contributed by atoms with Crippen molar-refractivity contribution in [3.63, 3.8) is 0 Å². The lowest BCUT2D eigenvalue weighted by Gasteiger charge is -2.22. The van der Waals surface area contributed by atoms with Crippen molar-refractivity contribution in [2.45, 2.75) is 32.1 Å². The molecule has 0 saturated heterocycles. The quantitative estimate of drug-likeness (QED) is 0.590. The Morgan fingerprint density at radius 1 is 1.08 bits per heavy atom. The Balaban J connectivity index is 2.30. The van der Waals surface area contributed by atoms with E-state index < -0.39 is 0 Å². The summed E-state index contributed by atoms with van der Waals surface area (Å²) in [5.74, 6) is 1.07. The van der Waals surface area contributed by atoms with E-state index in [0.717, 1.165) is 0 Å². The molecule has 2 nitrogen and oxygen atoms in total. The van der Waals surface area contributed by atoms with Crippen LogP contribution in [-0.2, 0) is 0 Å². The fraction of sp³-hybridized carbons (Fsp3) is 0.800. The van der Waals surface area contributed by atoms with Gasteiger partial charge in [0.25, 0.3) is 0 Å². The molecule has 0 heterocycles. The topological polar surface area (TPSA) is 47.6 Å². The Labute approximate surface area is 72.8 Å². The minimum Gasteiger partial charge on any atom is -0.198 e. The first-order chi connectivity index (χ1) is 5.83. The van der Waals surface area contributed by atoms with Crippen LogP contribution < -0.4 is 0 Å². The smallest absolute Gasteiger partial charge is 0.0759 e. The molecule has 0 aromatic heterocycles. The van der Waals surface area contributed by atoms with Crippen LogP contribution in [0.5, 0.6) is 0 Å². The van der Waals surface area contributed by atoms with Gasteiger partial charge in [-0.2, -0.15) is 10.5 Å². The third kappa shape index (κ3) is 0.730. The SMILES string of the molecule is N#CCC1(C#N)C2CCC1CC2. The zero-order valence-electron chi connectivity index (χ0n) is 7.08. The predicted octanol–water partition coefficient (Wildman–Crippen LogP) is 2.23. The van der Waals surface area contributed by atoms with Gasteiger partial charge in [0.15, 0.2) is 0 Å². The molecule has 2 heteroatoms. The first kappa shape index (κ1) is 7.62. The summed E-state index contributed by atoms with van der Waals surface area (Å²) in [7, 11) is 0. The van der Waals surface area contributed by atoms with Gasteiger partial charge in [-0.05, 0) is 37.5 Å². The molecule has 0 aromatic rings. The van der Waals surface area contributed by atoms with Crippen LogP contribution in [0.3, 0.4) is 0 Å². The lowest BCUT2D eigenvalue weighted by Crippen LogP contribution is -2.23. The van der Waals surface area contributed by atoms with Gasteiger partial charge in [0.2, 0.25) is 0 Å². The van der Waals surface area contributed by atoms with Crippen LogP contribution >= 0.6 is 0 Å². The molecule has 2 bridgehead atoms. The summed E-state index contributed by atoms with van der Waals surface area (Å²) in [6.45, 7) is 0. The molecule has 0 aromatic carbocycles. The average Bonchev–Trinajstić information content (AvgIpc) is 2.62. The van der Waals surface area contributed by atoms with Crippen LogP contribution in [0.4, 0.5) is 0 Å². The maximum Gasteiger partial charge on any atom is 0.0759 e. The van der Waals surface area contributed by atoms with Crippen LogP contribution in [0.2, 0.25) is 0 Å². The maximum absolute atomic E-state index is 9.13. The third-order valence-electron chi connectivity index (χ3n) is 3.76. The largest absolute Gasteiger partial charge is 0.198 e. The van der Waals surface area contributed by atoms with Gasteiger partial charge < -0.3 is 0 Å². The van der Waals surface area contributed by atoms with Gasteiger partial charge in [0.1, 0.15) is 0 Å². The number of nitriles is 2. The zero-order valence-corrected chi connectivity index (χ0v) is 7.08. The van der Waals surface area contributed by atoms with Crippen LogP contribution in [0.25, 0.3) is 0 Å². The molecule has 2 saturated carbocycles. The van der Waals surface area contributed by atoms with E-state index in [9.17, 15) is 0 Å². The van der Waals surface area contributed by atoms with E-state index in [1.54, 1.807) is 0 Å². The van der Waals surface area contributed by atoms with E-state index in [2.05, 4.69) is 12.1 Å². The van der Waals surface area contributed by atoms with Gasteiger partial charge >= 0.3 is 0 Å². The zero-order chi connectivity index (χ0) is 8.60. The summed E-state index contributed by atoms with van der Waals surface area (Å²) in [4.78, 5) is 0. The molecule has 0 unspecified atom stereocenters. The van der Waals surface area contributed by atoms with Crippen LogP contribution in [0, 0.1) is 39.9 Å². The molecular weight excluding hydrogens is 148 g/mol. The standard InChI is InChI=1S/C10H12N2/c11-6-5-10(7-12)8-1-2-9(10)4-3-8/h8-9H,1-5H2. The summed E-state index contributed by atoms with van der Waals surface area (Å²) < 4.78 is 0. The summed E-state index contributed by atoms with van der Waals surface area (Å²) in [6, 6.07) is 4.60. The molecule has 2 aliphatic rings. The van der Waals surface area contributed by atoms with Gasteiger partial charge in [0, 0.05) is 0 Å². The predicted molar refractivity (Wildman–Crippen MR) is 43.7 cm³/mol. The van der Waals surface area contributed by atoms with E-state index >= 15 is 0 Å². The molecule has 0 radical (unpaired) electrons. The van der Waals surface area contributed by atoms with Gasteiger partial charge in [-0.1, -0.05) is 0 Å². The van der Waals surface area contributed by atoms with Crippen molar-refractivity contribution < 1.29 is 0 Å². The van der Waals surface area contributed by atoms with Crippen molar-refractivity contribution in [2.75, 3.05) is 0 Å². The highest BCUT2D eigenvalue weighted by Gasteiger charge is 2.54. The van der Waals surface area contributed by atoms with Crippen LogP contribution in [-0.4, -0.2) is 0 Å². The van der Waals surface area contributed by atoms with Crippen LogP contribution in [0.15, 0.2) is 0 Å². The fourth-order valence-corrected chi connectivity index (χ4v) is 3.10. The summed E-state index contributed by atoms with van der Waals surface area (Å²) in [6.07, 6.45) is 5.18. The summed E-state index contributed by atoms with van der Waals surface area (Å²) >= 11 is 0. The van der Waals surface area contributed by atoms with E-state index in [1.807, 2.05) is 0 Å². The Kier molecular flexibility index (Phi) is 1.58. The Morgan fingerprint density at radius 3 is 1.92 bits per heavy atom. The molecule has 2 fully saturated rings. The van der Waals surface area contributed by atoms with Crippen LogP contribution in [0.1, 0.15) is 32.1 Å². The molecule has 2 aliphatic carbocycles. The minimum absolute atomic E-state index is 0.241. The molecule has 12 heavy (non-hydrogen) atoms. The van der Waals surface area contributed by atoms with Crippen molar-refractivity contribution in [2.24, 2.45) is 17.3 Å². The Morgan fingerprint density at radius 2 is 1.58 bits per heavy atom. The second-order valence-corrected chi connectivity index (χ2v) is 4.04. The van der Waals surface area contributed by atoms with Gasteiger partial charge in [0.05, 0.1) is 24.0 Å². The van der Waals surface area contributed by atoms with Crippen molar-refractivity contribution in [1.82, 2.24) is 0 Å². The molecule has 0 aliphatic heterocycles. The molecule has 0 N–H and O–H groups in total. The van der Waals surface area contributed by atoms with E-state index in [0.29, 0.717) is 18.3 Å². The van der Waals surface area contributed by atoms with Crippen molar-refractivity contribution in [3.05, 3.63) is 0 Å². The van der Waals surface area contributed by atoms with Crippen molar-refractivity contribution >= 4 is 0 Å². The summed E-state index contributed by atoms with van der Waals surface area (Å²) in [5.41, 5.74) is -0.241. The van der Waals surface area contributed by atoms with E-state index in [4.69, 9.17) is 10.5 Å². The minimum atomic E-state index is -0.241. The molecule has 62 valence electrons. The third-order valence-corrected chi connectivity index (χ3v) is 3.76. The Bertz CT molecular complexity index is 249. The second kappa shape index (κ2) is 2.49. The molecule has 2 rings (SSSR count). The fourth-order valence-electron chi connectivity index (χ4n) is 3.10. The summed E-state index contributed by atoms with van der Waals surface area (Å²) in [5, 5.41) is 17.8. The Hall–Kier alpha value is -1.02. The van der Waals surface area contributed by atoms with Crippen molar-refractivity contribution in [1.29, 1.82) is 10.5 Å². The molecule has 0 atom stereocenters. The highest BCUT2D eigenvalue weighted by atomic mass is 14.6. The van der Waals surface area contributed by atoms with Gasteiger partial charge in [-0.25, -0.2) is 0 Å². The maximum atomic E-state index is 9.13. The number of hydrogen-bond acceptors (Lipinski definition) is 2. The highest BCUT2D eigenvalue weighted by molar-refractivity contribution is 5.16. The number of hydrogen-bond donors (Lipinski definition) is 0. The molecule has 0 spiro atoms. The number of rotatable bonds is 1. The molecule has 0 amide bonds. The first-order valence-corrected chi connectivity index (χ1v) is 4.61. The normalized spacial score (nSPS) is 43.8. The van der Waals surface area contributed by atoms with E-state index in [-0.39, 0.29) is 5.41 Å². The number of nitrogens with zero attached hydrogens (tertiary/aromatic N) is 2.